The van der Waals surface area contributed by atoms with Gasteiger partial charge in [0.15, 0.2) is 5.83 Å². The number of allylic oxidation sites excluding steroid dienone is 1. The van der Waals surface area contributed by atoms with Gasteiger partial charge in [-0.2, -0.15) is 8.78 Å². The highest BCUT2D eigenvalue weighted by atomic mass is 19.3. The molecule has 4 heteroatoms. The predicted octanol–water partition coefficient (Wildman–Crippen LogP) is 1.44. The van der Waals surface area contributed by atoms with Crippen LogP contribution in [0.4, 0.5) is 13.2 Å². The smallest absolute Gasteiger partial charge is 0.331 e. The Hall–Kier alpha value is -0.510. The van der Waals surface area contributed by atoms with Gasteiger partial charge in [-0.25, -0.2) is 4.39 Å². The van der Waals surface area contributed by atoms with E-state index in [0.29, 0.717) is 6.08 Å². The van der Waals surface area contributed by atoms with E-state index in [4.69, 9.17) is 5.11 Å². The maximum Gasteiger partial charge on any atom is 0.406 e. The Morgan fingerprint density at radius 1 is 1.62 bits per heavy atom. The van der Waals surface area contributed by atoms with E-state index in [1.54, 1.807) is 0 Å². The third-order valence-corrected chi connectivity index (χ3v) is 0.541. The van der Waals surface area contributed by atoms with Crippen molar-refractivity contribution in [1.29, 1.82) is 0 Å². The summed E-state index contributed by atoms with van der Waals surface area (Å²) in [5.74, 6) is -1.82. The second-order valence-electron chi connectivity index (χ2n) is 1.18. The first kappa shape index (κ1) is 7.49. The predicted molar refractivity (Wildman–Crippen MR) is 22.0 cm³/mol. The van der Waals surface area contributed by atoms with E-state index in [2.05, 4.69) is 0 Å². The van der Waals surface area contributed by atoms with Gasteiger partial charge in [-0.1, -0.05) is 0 Å². The van der Waals surface area contributed by atoms with Crippen LogP contribution in [0.5, 0.6) is 0 Å². The van der Waals surface area contributed by atoms with Crippen LogP contribution < -0.4 is 0 Å². The topological polar surface area (TPSA) is 20.2 Å². The lowest BCUT2D eigenvalue weighted by Gasteiger charge is -2.02. The van der Waals surface area contributed by atoms with Gasteiger partial charge in [-0.3, -0.25) is 0 Å². The fourth-order valence-corrected chi connectivity index (χ4v) is 0.174. The standard InChI is InChI=1S/C4H5F3O/c1-2-3(5)4(6,7)8/h2,8H,1H3. The summed E-state index contributed by atoms with van der Waals surface area (Å²) in [4.78, 5) is 0. The highest BCUT2D eigenvalue weighted by Gasteiger charge is 2.30. The summed E-state index contributed by atoms with van der Waals surface area (Å²) in [6, 6.07) is 0. The molecule has 0 aromatic carbocycles. The average molecular weight is 126 g/mol. The molecule has 0 aliphatic rings. The zero-order chi connectivity index (χ0) is 6.78. The number of hydrogen-bond donors (Lipinski definition) is 1. The van der Waals surface area contributed by atoms with E-state index in [1.165, 1.54) is 0 Å². The average Bonchev–Trinajstić information content (AvgIpc) is 1.62. The Labute approximate surface area is 44.4 Å². The molecule has 0 bridgehead atoms. The molecule has 0 amide bonds. The first-order valence-corrected chi connectivity index (χ1v) is 1.91. The van der Waals surface area contributed by atoms with Gasteiger partial charge in [0.05, 0.1) is 0 Å². The molecule has 0 aromatic heterocycles. The van der Waals surface area contributed by atoms with Crippen LogP contribution in [0, 0.1) is 0 Å². The molecule has 0 unspecified atom stereocenters. The van der Waals surface area contributed by atoms with E-state index in [9.17, 15) is 13.2 Å². The minimum atomic E-state index is -4.30. The summed E-state index contributed by atoms with van der Waals surface area (Å²) >= 11 is 0. The van der Waals surface area contributed by atoms with Gasteiger partial charge in [0.1, 0.15) is 0 Å². The van der Waals surface area contributed by atoms with Crippen LogP contribution in [-0.2, 0) is 0 Å². The minimum Gasteiger partial charge on any atom is -0.331 e. The zero-order valence-electron chi connectivity index (χ0n) is 4.16. The Kier molecular flexibility index (Phi) is 2.03. The summed E-state index contributed by atoms with van der Waals surface area (Å²) in [6.45, 7) is 1.07. The summed E-state index contributed by atoms with van der Waals surface area (Å²) in [7, 11) is 0. The monoisotopic (exact) mass is 126 g/mol. The molecule has 8 heavy (non-hydrogen) atoms. The largest absolute Gasteiger partial charge is 0.406 e. The number of alkyl halides is 2. The number of aliphatic hydroxyl groups is 1. The summed E-state index contributed by atoms with van der Waals surface area (Å²) in [6.07, 6.45) is -3.80. The minimum absolute atomic E-state index is 0.500. The highest BCUT2D eigenvalue weighted by molar-refractivity contribution is 4.95. The van der Waals surface area contributed by atoms with Crippen molar-refractivity contribution in [2.45, 2.75) is 13.0 Å². The van der Waals surface area contributed by atoms with Crippen LogP contribution in [0.1, 0.15) is 6.92 Å². The van der Waals surface area contributed by atoms with E-state index in [0.717, 1.165) is 6.92 Å². The first-order chi connectivity index (χ1) is 3.48. The van der Waals surface area contributed by atoms with E-state index >= 15 is 0 Å². The fraction of sp³-hybridized carbons (Fsp3) is 0.500. The number of hydrogen-bond acceptors (Lipinski definition) is 1. The molecule has 0 rings (SSSR count). The Morgan fingerprint density at radius 3 is 2.00 bits per heavy atom. The Bertz CT molecular complexity index is 102. The molecule has 1 nitrogen and oxygen atoms in total. The van der Waals surface area contributed by atoms with Gasteiger partial charge < -0.3 is 5.11 Å². The number of halogens is 3. The lowest BCUT2D eigenvalue weighted by atomic mass is 10.5. The van der Waals surface area contributed by atoms with E-state index in [1.807, 2.05) is 0 Å². The van der Waals surface area contributed by atoms with Gasteiger partial charge in [0, 0.05) is 0 Å². The Morgan fingerprint density at radius 2 is 2.00 bits per heavy atom. The molecule has 0 aliphatic carbocycles. The normalized spacial score (nSPS) is 14.4. The Balaban J connectivity index is 4.03. The summed E-state index contributed by atoms with van der Waals surface area (Å²) in [5, 5.41) is 7.51. The van der Waals surface area contributed by atoms with Crippen molar-refractivity contribution >= 4 is 0 Å². The molecule has 0 spiro atoms. The van der Waals surface area contributed by atoms with E-state index < -0.39 is 11.9 Å². The van der Waals surface area contributed by atoms with E-state index in [-0.39, 0.29) is 0 Å². The third-order valence-electron chi connectivity index (χ3n) is 0.541. The van der Waals surface area contributed by atoms with Gasteiger partial charge in [-0.15, -0.1) is 0 Å². The van der Waals surface area contributed by atoms with Crippen LogP contribution >= 0.6 is 0 Å². The van der Waals surface area contributed by atoms with Crippen molar-refractivity contribution in [3.05, 3.63) is 11.9 Å². The molecule has 0 radical (unpaired) electrons. The van der Waals surface area contributed by atoms with Crippen LogP contribution in [0.2, 0.25) is 0 Å². The maximum absolute atomic E-state index is 11.5. The van der Waals surface area contributed by atoms with Crippen molar-refractivity contribution in [3.63, 3.8) is 0 Å². The lowest BCUT2D eigenvalue weighted by molar-refractivity contribution is -0.178. The molecule has 0 saturated heterocycles. The zero-order valence-corrected chi connectivity index (χ0v) is 4.16. The van der Waals surface area contributed by atoms with Crippen LogP contribution in [0.3, 0.4) is 0 Å². The van der Waals surface area contributed by atoms with Crippen molar-refractivity contribution in [2.24, 2.45) is 0 Å². The summed E-state index contributed by atoms with van der Waals surface area (Å²) < 4.78 is 34.0. The molecule has 0 aromatic rings. The molecular weight excluding hydrogens is 121 g/mol. The van der Waals surface area contributed by atoms with Crippen LogP contribution in [-0.4, -0.2) is 11.2 Å². The summed E-state index contributed by atoms with van der Waals surface area (Å²) in [5.41, 5.74) is 0. The molecule has 0 heterocycles. The van der Waals surface area contributed by atoms with Gasteiger partial charge in [-0.05, 0) is 13.0 Å². The van der Waals surface area contributed by atoms with Gasteiger partial charge in [0.2, 0.25) is 0 Å². The van der Waals surface area contributed by atoms with Crippen molar-refractivity contribution in [1.82, 2.24) is 0 Å². The van der Waals surface area contributed by atoms with Crippen LogP contribution in [0.15, 0.2) is 11.9 Å². The van der Waals surface area contributed by atoms with Gasteiger partial charge in [0.25, 0.3) is 0 Å². The first-order valence-electron chi connectivity index (χ1n) is 1.91. The van der Waals surface area contributed by atoms with Crippen LogP contribution in [0.25, 0.3) is 0 Å². The lowest BCUT2D eigenvalue weighted by Crippen LogP contribution is -2.14. The maximum atomic E-state index is 11.5. The molecule has 1 N–H and O–H groups in total. The third kappa shape index (κ3) is 1.97. The SMILES string of the molecule is CC=C(F)C(O)(F)F. The van der Waals surface area contributed by atoms with Gasteiger partial charge >= 0.3 is 6.11 Å². The quantitative estimate of drug-likeness (QED) is 0.563. The van der Waals surface area contributed by atoms with Crippen molar-refractivity contribution in [3.8, 4) is 0 Å². The molecule has 0 aliphatic heterocycles. The van der Waals surface area contributed by atoms with Crippen molar-refractivity contribution < 1.29 is 18.3 Å². The fourth-order valence-electron chi connectivity index (χ4n) is 0.174. The molecule has 0 fully saturated rings. The second kappa shape index (κ2) is 2.17. The number of rotatable bonds is 1. The molecule has 48 valence electrons. The molecular formula is C4H5F3O. The second-order valence-corrected chi connectivity index (χ2v) is 1.18. The molecule has 0 atom stereocenters. The highest BCUT2D eigenvalue weighted by Crippen LogP contribution is 2.20. The van der Waals surface area contributed by atoms with Crippen molar-refractivity contribution in [2.75, 3.05) is 0 Å². The molecule has 0 saturated carbocycles.